The van der Waals surface area contributed by atoms with E-state index in [0.29, 0.717) is 24.3 Å². The first-order valence-electron chi connectivity index (χ1n) is 4.12. The third-order valence-corrected chi connectivity index (χ3v) is 3.02. The molecule has 0 amide bonds. The molecular weight excluding hydrogens is 142 g/mol. The summed E-state index contributed by atoms with van der Waals surface area (Å²) in [5, 5.41) is 8.55. The Kier molecular flexibility index (Phi) is 1.42. The number of carboxylic acids is 1. The van der Waals surface area contributed by atoms with Crippen molar-refractivity contribution in [2.45, 2.75) is 18.9 Å². The molecule has 2 fully saturated rings. The highest BCUT2D eigenvalue weighted by Crippen LogP contribution is 2.51. The summed E-state index contributed by atoms with van der Waals surface area (Å²) in [4.78, 5) is 12.7. The second-order valence-corrected chi connectivity index (χ2v) is 3.69. The highest BCUT2D eigenvalue weighted by Gasteiger charge is 2.56. The van der Waals surface area contributed by atoms with Crippen LogP contribution >= 0.6 is 0 Å². The molecule has 3 heteroatoms. The van der Waals surface area contributed by atoms with Crippen molar-refractivity contribution < 1.29 is 9.90 Å². The lowest BCUT2D eigenvalue weighted by Gasteiger charge is -2.11. The number of hydrogen-bond acceptors (Lipinski definition) is 2. The number of fused-ring (bicyclic) bond motifs is 1. The fourth-order valence-corrected chi connectivity index (χ4v) is 2.44. The van der Waals surface area contributed by atoms with Gasteiger partial charge in [0.2, 0.25) is 0 Å². The maximum atomic E-state index is 10.4. The van der Waals surface area contributed by atoms with Gasteiger partial charge in [-0.3, -0.25) is 4.79 Å². The van der Waals surface area contributed by atoms with Crippen LogP contribution in [0.25, 0.3) is 0 Å². The Hall–Kier alpha value is -0.570. The van der Waals surface area contributed by atoms with Crippen molar-refractivity contribution in [2.24, 2.45) is 11.8 Å². The van der Waals surface area contributed by atoms with Gasteiger partial charge in [0.1, 0.15) is 0 Å². The first-order chi connectivity index (χ1) is 5.20. The Morgan fingerprint density at radius 1 is 1.73 bits per heavy atom. The predicted octanol–water partition coefficient (Wildman–Crippen LogP) is 0.411. The molecule has 0 radical (unpaired) electrons. The topological polar surface area (TPSA) is 40.5 Å². The van der Waals surface area contributed by atoms with Gasteiger partial charge in [-0.15, -0.1) is 0 Å². The largest absolute Gasteiger partial charge is 0.481 e. The van der Waals surface area contributed by atoms with Gasteiger partial charge in [0, 0.05) is 12.5 Å². The van der Waals surface area contributed by atoms with Gasteiger partial charge >= 0.3 is 5.97 Å². The number of piperidine rings is 1. The molecule has 1 aliphatic carbocycles. The fourth-order valence-electron chi connectivity index (χ4n) is 2.44. The Balaban J connectivity index is 1.89. The van der Waals surface area contributed by atoms with Gasteiger partial charge in [-0.1, -0.05) is 0 Å². The van der Waals surface area contributed by atoms with E-state index in [2.05, 4.69) is 11.9 Å². The molecule has 3 nitrogen and oxygen atoms in total. The first kappa shape index (κ1) is 7.10. The summed E-state index contributed by atoms with van der Waals surface area (Å²) in [6.45, 7) is 1.16. The van der Waals surface area contributed by atoms with Crippen LogP contribution in [-0.4, -0.2) is 35.6 Å². The van der Waals surface area contributed by atoms with E-state index < -0.39 is 5.97 Å². The minimum atomic E-state index is -0.641. The molecule has 0 bridgehead atoms. The van der Waals surface area contributed by atoms with Crippen LogP contribution in [0.4, 0.5) is 0 Å². The van der Waals surface area contributed by atoms with Crippen LogP contribution < -0.4 is 0 Å². The molecule has 2 aliphatic rings. The molecule has 1 saturated carbocycles. The summed E-state index contributed by atoms with van der Waals surface area (Å²) in [7, 11) is 2.09. The van der Waals surface area contributed by atoms with E-state index in [1.807, 2.05) is 0 Å². The third-order valence-electron chi connectivity index (χ3n) is 3.02. The molecule has 1 heterocycles. The van der Waals surface area contributed by atoms with Crippen LogP contribution in [-0.2, 0) is 4.79 Å². The highest BCUT2D eigenvalue weighted by molar-refractivity contribution is 5.68. The number of hydrogen-bond donors (Lipinski definition) is 1. The maximum absolute atomic E-state index is 10.4. The van der Waals surface area contributed by atoms with E-state index >= 15 is 0 Å². The fraction of sp³-hybridized carbons (Fsp3) is 0.875. The lowest BCUT2D eigenvalue weighted by atomic mass is 10.2. The van der Waals surface area contributed by atoms with Crippen molar-refractivity contribution in [2.75, 3.05) is 13.6 Å². The van der Waals surface area contributed by atoms with Gasteiger partial charge in [-0.05, 0) is 31.8 Å². The molecule has 11 heavy (non-hydrogen) atoms. The quantitative estimate of drug-likeness (QED) is 0.628. The van der Waals surface area contributed by atoms with Crippen LogP contribution in [0.3, 0.4) is 0 Å². The molecule has 3 atom stereocenters. The predicted molar refractivity (Wildman–Crippen MR) is 40.3 cm³/mol. The molecule has 1 N–H and O–H groups in total. The van der Waals surface area contributed by atoms with Gasteiger partial charge in [0.25, 0.3) is 0 Å². The van der Waals surface area contributed by atoms with Crippen LogP contribution in [0.1, 0.15) is 12.8 Å². The number of carbonyl (C=O) groups is 1. The average molecular weight is 155 g/mol. The van der Waals surface area contributed by atoms with Crippen molar-refractivity contribution in [1.82, 2.24) is 4.90 Å². The Bertz CT molecular complexity index is 193. The summed E-state index contributed by atoms with van der Waals surface area (Å²) in [5.41, 5.74) is 0. The zero-order valence-electron chi connectivity index (χ0n) is 6.66. The third kappa shape index (κ3) is 1.03. The zero-order chi connectivity index (χ0) is 8.01. The SMILES string of the molecule is CN1CC[C@@H]2C(CC(=O)O)[C@@H]21. The minimum absolute atomic E-state index is 0.375. The number of rotatable bonds is 2. The monoisotopic (exact) mass is 155 g/mol. The number of aliphatic carboxylic acids is 1. The van der Waals surface area contributed by atoms with Gasteiger partial charge < -0.3 is 10.0 Å². The lowest BCUT2D eigenvalue weighted by Crippen LogP contribution is -2.20. The molecule has 1 unspecified atom stereocenters. The molecular formula is C8H13NO2. The van der Waals surface area contributed by atoms with Crippen molar-refractivity contribution in [1.29, 1.82) is 0 Å². The lowest BCUT2D eigenvalue weighted by molar-refractivity contribution is -0.137. The maximum Gasteiger partial charge on any atom is 0.303 e. The Morgan fingerprint density at radius 3 is 2.91 bits per heavy atom. The van der Waals surface area contributed by atoms with E-state index in [4.69, 9.17) is 5.11 Å². The van der Waals surface area contributed by atoms with E-state index in [0.717, 1.165) is 6.54 Å². The smallest absolute Gasteiger partial charge is 0.303 e. The van der Waals surface area contributed by atoms with E-state index in [9.17, 15) is 4.79 Å². The van der Waals surface area contributed by atoms with Gasteiger partial charge in [-0.25, -0.2) is 0 Å². The Morgan fingerprint density at radius 2 is 2.45 bits per heavy atom. The van der Waals surface area contributed by atoms with Crippen LogP contribution in [0, 0.1) is 11.8 Å². The van der Waals surface area contributed by atoms with Gasteiger partial charge in [-0.2, -0.15) is 0 Å². The average Bonchev–Trinajstić information content (AvgIpc) is 2.41. The minimum Gasteiger partial charge on any atom is -0.481 e. The standard InChI is InChI=1S/C8H13NO2/c1-9-3-2-5-6(8(5)9)4-7(10)11/h5-6,8H,2-4H2,1H3,(H,10,11)/t5-,6?,8-/m1/s1. The van der Waals surface area contributed by atoms with Crippen LogP contribution in [0.5, 0.6) is 0 Å². The molecule has 1 aliphatic heterocycles. The number of nitrogens with zero attached hydrogens (tertiary/aromatic N) is 1. The van der Waals surface area contributed by atoms with Gasteiger partial charge in [0.05, 0.1) is 0 Å². The Labute approximate surface area is 66.0 Å². The highest BCUT2D eigenvalue weighted by atomic mass is 16.4. The molecule has 0 aromatic carbocycles. The summed E-state index contributed by atoms with van der Waals surface area (Å²) in [5.74, 6) is 0.528. The summed E-state index contributed by atoms with van der Waals surface area (Å²) in [6.07, 6.45) is 1.58. The van der Waals surface area contributed by atoms with Crippen molar-refractivity contribution in [3.8, 4) is 0 Å². The van der Waals surface area contributed by atoms with Crippen LogP contribution in [0.15, 0.2) is 0 Å². The summed E-state index contributed by atoms with van der Waals surface area (Å²) in [6, 6.07) is 0.603. The molecule has 0 aromatic rings. The van der Waals surface area contributed by atoms with E-state index in [1.54, 1.807) is 0 Å². The van der Waals surface area contributed by atoms with Crippen molar-refractivity contribution in [3.05, 3.63) is 0 Å². The first-order valence-corrected chi connectivity index (χ1v) is 4.12. The van der Waals surface area contributed by atoms with Crippen molar-refractivity contribution in [3.63, 3.8) is 0 Å². The van der Waals surface area contributed by atoms with Crippen LogP contribution in [0.2, 0.25) is 0 Å². The number of carboxylic acid groups (broad SMARTS) is 1. The molecule has 0 spiro atoms. The second-order valence-electron chi connectivity index (χ2n) is 3.69. The summed E-state index contributed by atoms with van der Waals surface area (Å²) >= 11 is 0. The molecule has 0 aromatic heterocycles. The van der Waals surface area contributed by atoms with E-state index in [1.165, 1.54) is 6.42 Å². The normalized spacial score (nSPS) is 42.1. The second kappa shape index (κ2) is 2.21. The van der Waals surface area contributed by atoms with Gasteiger partial charge in [0.15, 0.2) is 0 Å². The number of likely N-dealkylation sites (tertiary alicyclic amines) is 1. The molecule has 1 saturated heterocycles. The van der Waals surface area contributed by atoms with E-state index in [-0.39, 0.29) is 0 Å². The zero-order valence-corrected chi connectivity index (χ0v) is 6.66. The molecule has 62 valence electrons. The summed E-state index contributed by atoms with van der Waals surface area (Å²) < 4.78 is 0. The molecule has 2 rings (SSSR count). The van der Waals surface area contributed by atoms with Crippen molar-refractivity contribution >= 4 is 5.97 Å².